The molecule has 1 N–H and O–H groups in total. The number of aryl methyl sites for hydroxylation is 1. The first-order chi connectivity index (χ1) is 12.5. The summed E-state index contributed by atoms with van der Waals surface area (Å²) in [5, 5.41) is 1.08. The monoisotopic (exact) mass is 382 g/mol. The molecule has 1 aliphatic rings. The van der Waals surface area contributed by atoms with E-state index < -0.39 is 5.91 Å². The van der Waals surface area contributed by atoms with Crippen LogP contribution in [0.4, 0.5) is 0 Å². The predicted molar refractivity (Wildman–Crippen MR) is 105 cm³/mol. The highest BCUT2D eigenvalue weighted by Crippen LogP contribution is 2.31. The van der Waals surface area contributed by atoms with E-state index in [9.17, 15) is 14.4 Å². The maximum Gasteiger partial charge on any atom is 0.285 e. The number of rotatable bonds is 4. The molecular weight excluding hydrogens is 368 g/mol. The van der Waals surface area contributed by atoms with Gasteiger partial charge in [0.1, 0.15) is 6.29 Å². The minimum absolute atomic E-state index is 0.256. The first-order valence-corrected chi connectivity index (χ1v) is 8.91. The van der Waals surface area contributed by atoms with Gasteiger partial charge in [-0.2, -0.15) is 5.01 Å². The van der Waals surface area contributed by atoms with E-state index >= 15 is 0 Å². The number of benzene rings is 2. The van der Waals surface area contributed by atoms with E-state index in [1.165, 1.54) is 0 Å². The lowest BCUT2D eigenvalue weighted by molar-refractivity contribution is -0.123. The zero-order valence-corrected chi connectivity index (χ0v) is 15.4. The highest BCUT2D eigenvalue weighted by atomic mass is 32.2. The summed E-state index contributed by atoms with van der Waals surface area (Å²) in [6, 6.07) is 13.8. The van der Waals surface area contributed by atoms with Crippen LogP contribution in [0.1, 0.15) is 31.8 Å². The number of amides is 2. The molecule has 0 aliphatic carbocycles. The molecule has 0 spiro atoms. The molecule has 26 heavy (non-hydrogen) atoms. The van der Waals surface area contributed by atoms with Crippen molar-refractivity contribution in [1.82, 2.24) is 10.4 Å². The molecule has 5 nitrogen and oxygen atoms in total. The van der Waals surface area contributed by atoms with Gasteiger partial charge in [-0.1, -0.05) is 53.7 Å². The van der Waals surface area contributed by atoms with Crippen LogP contribution in [0.3, 0.4) is 0 Å². The molecule has 0 atom stereocenters. The number of carbonyl (C=O) groups is 3. The molecule has 2 aromatic carbocycles. The highest BCUT2D eigenvalue weighted by Gasteiger charge is 2.33. The molecule has 2 aromatic rings. The van der Waals surface area contributed by atoms with Crippen molar-refractivity contribution in [3.05, 3.63) is 75.7 Å². The second-order valence-electron chi connectivity index (χ2n) is 5.61. The van der Waals surface area contributed by atoms with Gasteiger partial charge in [0.2, 0.25) is 0 Å². The first kappa shape index (κ1) is 18.0. The van der Waals surface area contributed by atoms with Crippen molar-refractivity contribution in [2.24, 2.45) is 0 Å². The third-order valence-corrected chi connectivity index (χ3v) is 4.99. The average Bonchev–Trinajstić information content (AvgIpc) is 2.90. The van der Waals surface area contributed by atoms with Crippen molar-refractivity contribution in [2.75, 3.05) is 0 Å². The standard InChI is InChI=1S/C19H14N2O3S2/c1-12-2-8-15(9-3-12)17(23)20-21-18(24)16(26-19(21)25)10-13-4-6-14(11-22)7-5-13/h2-11H,1H3,(H,20,23)/b16-10+. The number of nitrogens with one attached hydrogen (secondary N) is 1. The van der Waals surface area contributed by atoms with Gasteiger partial charge >= 0.3 is 0 Å². The molecule has 0 unspecified atom stereocenters. The maximum atomic E-state index is 12.5. The fourth-order valence-corrected chi connectivity index (χ4v) is 3.44. The third kappa shape index (κ3) is 3.89. The van der Waals surface area contributed by atoms with Crippen LogP contribution >= 0.6 is 24.0 Å². The van der Waals surface area contributed by atoms with Crippen LogP contribution in [-0.4, -0.2) is 27.4 Å². The predicted octanol–water partition coefficient (Wildman–Crippen LogP) is 3.35. The lowest BCUT2D eigenvalue weighted by Gasteiger charge is -2.15. The number of carbonyl (C=O) groups excluding carboxylic acids is 3. The van der Waals surface area contributed by atoms with Crippen LogP contribution in [-0.2, 0) is 4.79 Å². The van der Waals surface area contributed by atoms with Crippen LogP contribution in [0.5, 0.6) is 0 Å². The Balaban J connectivity index is 1.75. The SMILES string of the molecule is Cc1ccc(C(=O)NN2C(=O)/C(=C\c3ccc(C=O)cc3)SC2=S)cc1. The summed E-state index contributed by atoms with van der Waals surface area (Å²) >= 11 is 6.32. The summed E-state index contributed by atoms with van der Waals surface area (Å²) in [5.41, 5.74) is 5.34. The van der Waals surface area contributed by atoms with E-state index in [1.54, 1.807) is 42.5 Å². The minimum Gasteiger partial charge on any atom is -0.298 e. The van der Waals surface area contributed by atoms with E-state index in [-0.39, 0.29) is 10.2 Å². The Morgan fingerprint density at radius 3 is 2.31 bits per heavy atom. The molecular formula is C19H14N2O3S2. The number of hydrogen-bond donors (Lipinski definition) is 1. The number of thioether (sulfide) groups is 1. The second kappa shape index (κ2) is 7.63. The fourth-order valence-electron chi connectivity index (χ4n) is 2.26. The highest BCUT2D eigenvalue weighted by molar-refractivity contribution is 8.26. The quantitative estimate of drug-likeness (QED) is 0.499. The molecule has 0 aromatic heterocycles. The van der Waals surface area contributed by atoms with Gasteiger partial charge in [-0.3, -0.25) is 19.8 Å². The maximum absolute atomic E-state index is 12.5. The van der Waals surface area contributed by atoms with Crippen LogP contribution in [0, 0.1) is 6.92 Å². The average molecular weight is 382 g/mol. The van der Waals surface area contributed by atoms with Gasteiger partial charge in [0.05, 0.1) is 4.91 Å². The van der Waals surface area contributed by atoms with E-state index in [0.29, 0.717) is 16.0 Å². The van der Waals surface area contributed by atoms with Crippen molar-refractivity contribution in [2.45, 2.75) is 6.92 Å². The van der Waals surface area contributed by atoms with Crippen molar-refractivity contribution in [1.29, 1.82) is 0 Å². The Kier molecular flexibility index (Phi) is 5.29. The molecule has 1 aliphatic heterocycles. The fraction of sp³-hybridized carbons (Fsp3) is 0.0526. The smallest absolute Gasteiger partial charge is 0.285 e. The van der Waals surface area contributed by atoms with Crippen molar-refractivity contribution in [3.63, 3.8) is 0 Å². The van der Waals surface area contributed by atoms with Gasteiger partial charge in [-0.15, -0.1) is 0 Å². The lowest BCUT2D eigenvalue weighted by atomic mass is 10.1. The summed E-state index contributed by atoms with van der Waals surface area (Å²) in [6.07, 6.45) is 2.43. The topological polar surface area (TPSA) is 66.5 Å². The summed E-state index contributed by atoms with van der Waals surface area (Å²) in [6.45, 7) is 1.93. The lowest BCUT2D eigenvalue weighted by Crippen LogP contribution is -2.44. The molecule has 130 valence electrons. The zero-order valence-electron chi connectivity index (χ0n) is 13.8. The summed E-state index contributed by atoms with van der Waals surface area (Å²) in [5.74, 6) is -0.794. The molecule has 1 fully saturated rings. The Labute approximate surface area is 160 Å². The molecule has 0 saturated carbocycles. The summed E-state index contributed by atoms with van der Waals surface area (Å²) in [7, 11) is 0. The third-order valence-electron chi connectivity index (χ3n) is 3.69. The van der Waals surface area contributed by atoms with Crippen molar-refractivity contribution < 1.29 is 14.4 Å². The van der Waals surface area contributed by atoms with E-state index in [2.05, 4.69) is 5.43 Å². The van der Waals surface area contributed by atoms with Gasteiger partial charge in [0.25, 0.3) is 11.8 Å². The van der Waals surface area contributed by atoms with Crippen molar-refractivity contribution in [3.8, 4) is 0 Å². The molecule has 0 bridgehead atoms. The first-order valence-electron chi connectivity index (χ1n) is 7.69. The Morgan fingerprint density at radius 1 is 1.08 bits per heavy atom. The van der Waals surface area contributed by atoms with E-state index in [1.807, 2.05) is 19.1 Å². The van der Waals surface area contributed by atoms with Gasteiger partial charge in [0, 0.05) is 11.1 Å². The number of aldehydes is 1. The Morgan fingerprint density at radius 2 is 1.69 bits per heavy atom. The van der Waals surface area contributed by atoms with Gasteiger partial charge in [-0.05, 0) is 42.9 Å². The van der Waals surface area contributed by atoms with E-state index in [0.717, 1.165) is 34.2 Å². The van der Waals surface area contributed by atoms with Crippen LogP contribution in [0.15, 0.2) is 53.4 Å². The van der Waals surface area contributed by atoms with Crippen LogP contribution < -0.4 is 5.43 Å². The van der Waals surface area contributed by atoms with E-state index in [4.69, 9.17) is 12.2 Å². The van der Waals surface area contributed by atoms with Gasteiger partial charge in [0.15, 0.2) is 4.32 Å². The number of nitrogens with zero attached hydrogens (tertiary/aromatic N) is 1. The normalized spacial score (nSPS) is 15.4. The molecule has 0 radical (unpaired) electrons. The molecule has 3 rings (SSSR count). The Hall–Kier alpha value is -2.77. The largest absolute Gasteiger partial charge is 0.298 e. The molecule has 7 heteroatoms. The molecule has 1 saturated heterocycles. The molecule has 2 amide bonds. The minimum atomic E-state index is -0.405. The van der Waals surface area contributed by atoms with Gasteiger partial charge in [-0.25, -0.2) is 0 Å². The number of hydrogen-bond acceptors (Lipinski definition) is 5. The number of hydrazine groups is 1. The van der Waals surface area contributed by atoms with Crippen molar-refractivity contribution >= 4 is 52.5 Å². The zero-order chi connectivity index (χ0) is 18.7. The van der Waals surface area contributed by atoms with Crippen LogP contribution in [0.2, 0.25) is 0 Å². The summed E-state index contributed by atoms with van der Waals surface area (Å²) < 4.78 is 0.256. The van der Waals surface area contributed by atoms with Gasteiger partial charge < -0.3 is 0 Å². The Bertz CT molecular complexity index is 919. The number of thiocarbonyl (C=S) groups is 1. The second-order valence-corrected chi connectivity index (χ2v) is 7.28. The van der Waals surface area contributed by atoms with Crippen LogP contribution in [0.25, 0.3) is 6.08 Å². The summed E-state index contributed by atoms with van der Waals surface area (Å²) in [4.78, 5) is 36.0. The molecule has 1 heterocycles.